The van der Waals surface area contributed by atoms with Gasteiger partial charge in [0.2, 0.25) is 0 Å². The van der Waals surface area contributed by atoms with Gasteiger partial charge in [0.15, 0.2) is 5.60 Å². The first-order chi connectivity index (χ1) is 8.84. The third-order valence-corrected chi connectivity index (χ3v) is 4.35. The van der Waals surface area contributed by atoms with Crippen LogP contribution >= 0.6 is 0 Å². The van der Waals surface area contributed by atoms with Gasteiger partial charge in [-0.2, -0.15) is 0 Å². The van der Waals surface area contributed by atoms with Crippen molar-refractivity contribution in [2.45, 2.75) is 44.9 Å². The maximum absolute atomic E-state index is 11.9. The number of hydrogen-bond acceptors (Lipinski definition) is 5. The molecule has 2 rings (SSSR count). The summed E-state index contributed by atoms with van der Waals surface area (Å²) in [6, 6.07) is -0.0169. The normalized spacial score (nSPS) is 30.1. The Kier molecular flexibility index (Phi) is 3.99. The summed E-state index contributed by atoms with van der Waals surface area (Å²) >= 11 is 0. The van der Waals surface area contributed by atoms with Gasteiger partial charge in [0.25, 0.3) is 0 Å². The zero-order valence-electron chi connectivity index (χ0n) is 11.8. The van der Waals surface area contributed by atoms with Crippen molar-refractivity contribution >= 4 is 5.97 Å². The van der Waals surface area contributed by atoms with E-state index in [-0.39, 0.29) is 24.7 Å². The van der Waals surface area contributed by atoms with E-state index in [0.717, 1.165) is 25.1 Å². The molecule has 0 amide bonds. The van der Waals surface area contributed by atoms with E-state index in [0.29, 0.717) is 0 Å². The summed E-state index contributed by atoms with van der Waals surface area (Å²) in [7, 11) is 0. The number of aliphatic hydroxyl groups excluding tert-OH is 1. The van der Waals surface area contributed by atoms with Crippen LogP contribution in [0.1, 0.15) is 27.2 Å². The molecule has 2 aliphatic heterocycles. The van der Waals surface area contributed by atoms with Crippen molar-refractivity contribution in [2.75, 3.05) is 19.7 Å². The van der Waals surface area contributed by atoms with Crippen LogP contribution in [-0.2, 0) is 9.53 Å². The maximum Gasteiger partial charge on any atom is 0.338 e. The van der Waals surface area contributed by atoms with Crippen LogP contribution in [-0.4, -0.2) is 58.5 Å². The van der Waals surface area contributed by atoms with E-state index in [4.69, 9.17) is 4.74 Å². The van der Waals surface area contributed by atoms with Crippen LogP contribution in [0.3, 0.4) is 0 Å². The van der Waals surface area contributed by atoms with Crippen molar-refractivity contribution in [3.63, 3.8) is 0 Å². The average Bonchev–Trinajstić information content (AvgIpc) is 2.90. The van der Waals surface area contributed by atoms with Crippen molar-refractivity contribution in [2.24, 2.45) is 5.92 Å². The monoisotopic (exact) mass is 269 g/mol. The highest BCUT2D eigenvalue weighted by Gasteiger charge is 2.40. The molecule has 0 radical (unpaired) electrons. The van der Waals surface area contributed by atoms with Gasteiger partial charge in [0.05, 0.1) is 12.1 Å². The fourth-order valence-corrected chi connectivity index (χ4v) is 2.56. The summed E-state index contributed by atoms with van der Waals surface area (Å²) in [5, 5.41) is 19.9. The third-order valence-electron chi connectivity index (χ3n) is 4.35. The fourth-order valence-electron chi connectivity index (χ4n) is 2.56. The number of nitrogens with zero attached hydrogens (tertiary/aromatic N) is 1. The third kappa shape index (κ3) is 2.68. The Morgan fingerprint density at radius 3 is 2.95 bits per heavy atom. The molecule has 0 aromatic heterocycles. The van der Waals surface area contributed by atoms with Gasteiger partial charge in [-0.05, 0) is 24.8 Å². The van der Waals surface area contributed by atoms with Gasteiger partial charge in [0, 0.05) is 13.1 Å². The Bertz CT molecular complexity index is 389. The molecule has 5 heteroatoms. The molecule has 5 nitrogen and oxygen atoms in total. The van der Waals surface area contributed by atoms with E-state index < -0.39 is 11.6 Å². The second kappa shape index (κ2) is 5.23. The molecule has 0 unspecified atom stereocenters. The predicted molar refractivity (Wildman–Crippen MR) is 70.5 cm³/mol. The number of rotatable bonds is 4. The number of carbonyl (C=O) groups is 1. The first kappa shape index (κ1) is 14.5. The van der Waals surface area contributed by atoms with Crippen LogP contribution in [0.5, 0.6) is 0 Å². The lowest BCUT2D eigenvalue weighted by molar-refractivity contribution is -0.167. The lowest BCUT2D eigenvalue weighted by atomic mass is 9.93. The quantitative estimate of drug-likeness (QED) is 0.568. The number of fused-ring (bicyclic) bond motifs is 1. The van der Waals surface area contributed by atoms with Crippen molar-refractivity contribution < 1.29 is 19.7 Å². The van der Waals surface area contributed by atoms with Gasteiger partial charge in [0.1, 0.15) is 6.61 Å². The standard InChI is InChI=1S/C14H23NO4/c1-9(2)14(3,18)13(17)19-8-10-4-6-15-7-5-11(16)12(10)15/h4,9,11-12,16,18H,5-8H2,1-3H3/t11-,12+,14+/m1/s1. The van der Waals surface area contributed by atoms with E-state index in [1.165, 1.54) is 6.92 Å². The zero-order chi connectivity index (χ0) is 14.2. The Morgan fingerprint density at radius 2 is 2.32 bits per heavy atom. The molecule has 19 heavy (non-hydrogen) atoms. The minimum Gasteiger partial charge on any atom is -0.459 e. The van der Waals surface area contributed by atoms with Gasteiger partial charge in [-0.1, -0.05) is 19.9 Å². The molecule has 0 aromatic carbocycles. The molecule has 108 valence electrons. The molecule has 2 heterocycles. The highest BCUT2D eigenvalue weighted by atomic mass is 16.5. The Hall–Kier alpha value is -0.910. The Labute approximate surface area is 113 Å². The number of aliphatic hydroxyl groups is 2. The van der Waals surface area contributed by atoms with E-state index in [9.17, 15) is 15.0 Å². The number of ether oxygens (including phenoxy) is 1. The van der Waals surface area contributed by atoms with Crippen molar-refractivity contribution in [1.29, 1.82) is 0 Å². The lowest BCUT2D eigenvalue weighted by Gasteiger charge is -2.26. The fraction of sp³-hybridized carbons (Fsp3) is 0.786. The Morgan fingerprint density at radius 1 is 1.63 bits per heavy atom. The number of carbonyl (C=O) groups excluding carboxylic acids is 1. The van der Waals surface area contributed by atoms with E-state index in [1.807, 2.05) is 6.08 Å². The second-order valence-corrected chi connectivity index (χ2v) is 5.95. The maximum atomic E-state index is 11.9. The van der Waals surface area contributed by atoms with Gasteiger partial charge in [-0.25, -0.2) is 4.79 Å². The SMILES string of the molecule is CC(C)[C@](C)(O)C(=O)OCC1=CCN2CC[C@@H](O)[C@H]12. The first-order valence-corrected chi connectivity index (χ1v) is 6.84. The number of hydrogen-bond donors (Lipinski definition) is 2. The van der Waals surface area contributed by atoms with E-state index in [2.05, 4.69) is 4.90 Å². The van der Waals surface area contributed by atoms with Crippen molar-refractivity contribution in [1.82, 2.24) is 4.90 Å². The molecule has 3 atom stereocenters. The van der Waals surface area contributed by atoms with Crippen LogP contribution in [0.2, 0.25) is 0 Å². The molecular formula is C14H23NO4. The molecule has 2 N–H and O–H groups in total. The molecule has 0 saturated carbocycles. The van der Waals surface area contributed by atoms with Crippen molar-refractivity contribution in [3.8, 4) is 0 Å². The van der Waals surface area contributed by atoms with Gasteiger partial charge in [-0.15, -0.1) is 0 Å². The summed E-state index contributed by atoms with van der Waals surface area (Å²) in [5.74, 6) is -0.805. The van der Waals surface area contributed by atoms with Crippen molar-refractivity contribution in [3.05, 3.63) is 11.6 Å². The Balaban J connectivity index is 1.91. The molecular weight excluding hydrogens is 246 g/mol. The van der Waals surface area contributed by atoms with Gasteiger partial charge in [-0.3, -0.25) is 4.90 Å². The minimum atomic E-state index is -1.47. The van der Waals surface area contributed by atoms with Gasteiger partial charge >= 0.3 is 5.97 Å². The lowest BCUT2D eigenvalue weighted by Crippen LogP contribution is -2.42. The largest absolute Gasteiger partial charge is 0.459 e. The van der Waals surface area contributed by atoms with Crippen LogP contribution in [0.15, 0.2) is 11.6 Å². The number of esters is 1. The van der Waals surface area contributed by atoms with E-state index >= 15 is 0 Å². The molecule has 1 fully saturated rings. The molecule has 1 saturated heterocycles. The van der Waals surface area contributed by atoms with Crippen LogP contribution < -0.4 is 0 Å². The average molecular weight is 269 g/mol. The highest BCUT2D eigenvalue weighted by molar-refractivity contribution is 5.79. The van der Waals surface area contributed by atoms with E-state index in [1.54, 1.807) is 13.8 Å². The van der Waals surface area contributed by atoms with Crippen LogP contribution in [0.25, 0.3) is 0 Å². The predicted octanol–water partition coefficient (Wildman–Crippen LogP) is 0.312. The summed E-state index contributed by atoms with van der Waals surface area (Å²) in [4.78, 5) is 14.0. The molecule has 0 spiro atoms. The molecule has 0 aromatic rings. The summed E-state index contributed by atoms with van der Waals surface area (Å²) in [5.41, 5.74) is -0.523. The van der Waals surface area contributed by atoms with Crippen LogP contribution in [0, 0.1) is 5.92 Å². The molecule has 0 bridgehead atoms. The zero-order valence-corrected chi connectivity index (χ0v) is 11.8. The van der Waals surface area contributed by atoms with Crippen LogP contribution in [0.4, 0.5) is 0 Å². The summed E-state index contributed by atoms with van der Waals surface area (Å²) in [6.45, 7) is 6.86. The van der Waals surface area contributed by atoms with Gasteiger partial charge < -0.3 is 14.9 Å². The minimum absolute atomic E-state index is 0.0169. The smallest absolute Gasteiger partial charge is 0.338 e. The topological polar surface area (TPSA) is 70.0 Å². The molecule has 2 aliphatic rings. The summed E-state index contributed by atoms with van der Waals surface area (Å²) < 4.78 is 5.21. The first-order valence-electron chi connectivity index (χ1n) is 6.84. The molecule has 0 aliphatic carbocycles. The second-order valence-electron chi connectivity index (χ2n) is 5.95. The summed E-state index contributed by atoms with van der Waals surface area (Å²) in [6.07, 6.45) is 2.39. The highest BCUT2D eigenvalue weighted by Crippen LogP contribution is 2.29.